The molecule has 24 heavy (non-hydrogen) atoms. The van der Waals surface area contributed by atoms with Crippen molar-refractivity contribution < 1.29 is 8.42 Å². The fourth-order valence-electron chi connectivity index (χ4n) is 3.14. The number of sulfonamides is 1. The molecule has 0 bridgehead atoms. The van der Waals surface area contributed by atoms with E-state index in [0.29, 0.717) is 11.7 Å². The molecule has 1 aromatic carbocycles. The van der Waals surface area contributed by atoms with Gasteiger partial charge in [0.25, 0.3) is 0 Å². The van der Waals surface area contributed by atoms with Crippen LogP contribution in [0.3, 0.4) is 0 Å². The molecule has 0 aliphatic heterocycles. The second-order valence-electron chi connectivity index (χ2n) is 6.56. The van der Waals surface area contributed by atoms with Gasteiger partial charge in [-0.2, -0.15) is 5.10 Å². The topological polar surface area (TPSA) is 64.0 Å². The van der Waals surface area contributed by atoms with E-state index in [4.69, 9.17) is 0 Å². The summed E-state index contributed by atoms with van der Waals surface area (Å²) in [6.07, 6.45) is 6.94. The van der Waals surface area contributed by atoms with E-state index in [2.05, 4.69) is 9.82 Å². The van der Waals surface area contributed by atoms with Gasteiger partial charge in [-0.25, -0.2) is 13.1 Å². The SMILES string of the molecule is CCC(C)NS(=O)(=O)c1cn(C2CCCC2)nc1-c1ccccc1. The monoisotopic (exact) mass is 347 g/mol. The third-order valence-electron chi connectivity index (χ3n) is 4.70. The summed E-state index contributed by atoms with van der Waals surface area (Å²) >= 11 is 0. The van der Waals surface area contributed by atoms with E-state index >= 15 is 0 Å². The van der Waals surface area contributed by atoms with E-state index < -0.39 is 10.0 Å². The Morgan fingerprint density at radius 2 is 1.92 bits per heavy atom. The Hall–Kier alpha value is -1.66. The molecule has 1 unspecified atom stereocenters. The zero-order valence-corrected chi connectivity index (χ0v) is 15.1. The number of hydrogen-bond donors (Lipinski definition) is 1. The molecule has 3 rings (SSSR count). The summed E-state index contributed by atoms with van der Waals surface area (Å²) in [6.45, 7) is 3.84. The van der Waals surface area contributed by atoms with Gasteiger partial charge in [0.2, 0.25) is 10.0 Å². The predicted octanol–water partition coefficient (Wildman–Crippen LogP) is 3.74. The standard InChI is InChI=1S/C18H25N3O2S/c1-3-14(2)20-24(22,23)17-13-21(16-11-7-8-12-16)19-18(17)15-9-5-4-6-10-15/h4-6,9-10,13-14,16,20H,3,7-8,11-12H2,1-2H3. The first kappa shape index (κ1) is 17.2. The van der Waals surface area contributed by atoms with Crippen LogP contribution in [0.25, 0.3) is 11.3 Å². The normalized spacial score (nSPS) is 17.2. The highest BCUT2D eigenvalue weighted by Gasteiger charge is 2.27. The molecule has 1 N–H and O–H groups in total. The Labute approximate surface area is 144 Å². The van der Waals surface area contributed by atoms with Gasteiger partial charge in [-0.1, -0.05) is 50.1 Å². The minimum Gasteiger partial charge on any atom is -0.268 e. The lowest BCUT2D eigenvalue weighted by Gasteiger charge is -2.12. The Morgan fingerprint density at radius 3 is 2.54 bits per heavy atom. The van der Waals surface area contributed by atoms with Crippen molar-refractivity contribution in [1.82, 2.24) is 14.5 Å². The first-order valence-corrected chi connectivity index (χ1v) is 10.2. The molecular weight excluding hydrogens is 322 g/mol. The number of benzene rings is 1. The van der Waals surface area contributed by atoms with Crippen molar-refractivity contribution in [3.05, 3.63) is 36.5 Å². The maximum atomic E-state index is 12.9. The van der Waals surface area contributed by atoms with Crippen molar-refractivity contribution in [2.45, 2.75) is 62.9 Å². The van der Waals surface area contributed by atoms with Crippen molar-refractivity contribution in [2.75, 3.05) is 0 Å². The van der Waals surface area contributed by atoms with Crippen molar-refractivity contribution >= 4 is 10.0 Å². The van der Waals surface area contributed by atoms with Crippen LogP contribution in [0.1, 0.15) is 52.0 Å². The van der Waals surface area contributed by atoms with Crippen LogP contribution in [0.15, 0.2) is 41.4 Å². The summed E-state index contributed by atoms with van der Waals surface area (Å²) in [5.74, 6) is 0. The molecule has 0 amide bonds. The molecule has 1 aliphatic rings. The van der Waals surface area contributed by atoms with Gasteiger partial charge in [0, 0.05) is 17.8 Å². The highest BCUT2D eigenvalue weighted by Crippen LogP contribution is 2.33. The van der Waals surface area contributed by atoms with Crippen molar-refractivity contribution in [3.63, 3.8) is 0 Å². The number of hydrogen-bond acceptors (Lipinski definition) is 3. The number of nitrogens with one attached hydrogen (secondary N) is 1. The Balaban J connectivity index is 2.06. The molecule has 5 nitrogen and oxygen atoms in total. The summed E-state index contributed by atoms with van der Waals surface area (Å²) in [7, 11) is -3.59. The molecule has 1 heterocycles. The van der Waals surface area contributed by atoms with Crippen LogP contribution in [0, 0.1) is 0 Å². The third-order valence-corrected chi connectivity index (χ3v) is 6.29. The van der Waals surface area contributed by atoms with Gasteiger partial charge >= 0.3 is 0 Å². The maximum absolute atomic E-state index is 12.9. The molecule has 6 heteroatoms. The highest BCUT2D eigenvalue weighted by atomic mass is 32.2. The molecule has 1 atom stereocenters. The molecule has 2 aromatic rings. The zero-order valence-electron chi connectivity index (χ0n) is 14.3. The highest BCUT2D eigenvalue weighted by molar-refractivity contribution is 7.89. The fraction of sp³-hybridized carbons (Fsp3) is 0.500. The lowest BCUT2D eigenvalue weighted by atomic mass is 10.2. The lowest BCUT2D eigenvalue weighted by molar-refractivity contribution is 0.467. The minimum absolute atomic E-state index is 0.103. The Morgan fingerprint density at radius 1 is 1.25 bits per heavy atom. The van der Waals surface area contributed by atoms with Gasteiger partial charge in [-0.15, -0.1) is 0 Å². The van der Waals surface area contributed by atoms with E-state index in [1.54, 1.807) is 6.20 Å². The van der Waals surface area contributed by atoms with Gasteiger partial charge < -0.3 is 0 Å². The minimum atomic E-state index is -3.59. The molecule has 1 saturated carbocycles. The van der Waals surface area contributed by atoms with Gasteiger partial charge in [0.05, 0.1) is 6.04 Å². The Bertz CT molecular complexity index is 778. The summed E-state index contributed by atoms with van der Waals surface area (Å²) in [5, 5.41) is 4.66. The summed E-state index contributed by atoms with van der Waals surface area (Å²) in [6, 6.07) is 9.75. The quantitative estimate of drug-likeness (QED) is 0.866. The average molecular weight is 347 g/mol. The van der Waals surface area contributed by atoms with Gasteiger partial charge in [0.1, 0.15) is 10.6 Å². The maximum Gasteiger partial charge on any atom is 0.244 e. The fourth-order valence-corrected chi connectivity index (χ4v) is 4.62. The number of rotatable bonds is 6. The summed E-state index contributed by atoms with van der Waals surface area (Å²) in [5.41, 5.74) is 1.37. The van der Waals surface area contributed by atoms with Crippen LogP contribution in [-0.4, -0.2) is 24.2 Å². The van der Waals surface area contributed by atoms with Crippen LogP contribution in [0.2, 0.25) is 0 Å². The smallest absolute Gasteiger partial charge is 0.244 e. The van der Waals surface area contributed by atoms with Gasteiger partial charge in [-0.3, -0.25) is 4.68 Å². The largest absolute Gasteiger partial charge is 0.268 e. The van der Waals surface area contributed by atoms with Crippen LogP contribution in [0.4, 0.5) is 0 Å². The number of nitrogens with zero attached hydrogens (tertiary/aromatic N) is 2. The second kappa shape index (κ2) is 7.07. The zero-order chi connectivity index (χ0) is 17.2. The van der Waals surface area contributed by atoms with Crippen molar-refractivity contribution in [1.29, 1.82) is 0 Å². The van der Waals surface area contributed by atoms with E-state index in [1.165, 1.54) is 12.8 Å². The van der Waals surface area contributed by atoms with Crippen molar-refractivity contribution in [3.8, 4) is 11.3 Å². The molecule has 130 valence electrons. The second-order valence-corrected chi connectivity index (χ2v) is 8.24. The van der Waals surface area contributed by atoms with Crippen LogP contribution in [-0.2, 0) is 10.0 Å². The van der Waals surface area contributed by atoms with E-state index in [-0.39, 0.29) is 10.9 Å². The molecular formula is C18H25N3O2S. The van der Waals surface area contributed by atoms with Crippen molar-refractivity contribution in [2.24, 2.45) is 0 Å². The summed E-state index contributed by atoms with van der Waals surface area (Å²) in [4.78, 5) is 0.279. The average Bonchev–Trinajstić information content (AvgIpc) is 3.24. The van der Waals surface area contributed by atoms with Gasteiger partial charge in [-0.05, 0) is 26.2 Å². The first-order chi connectivity index (χ1) is 11.5. The number of aromatic nitrogens is 2. The van der Waals surface area contributed by atoms with Gasteiger partial charge in [0.15, 0.2) is 0 Å². The lowest BCUT2D eigenvalue weighted by Crippen LogP contribution is -2.32. The molecule has 1 fully saturated rings. The van der Waals surface area contributed by atoms with Crippen LogP contribution >= 0.6 is 0 Å². The van der Waals surface area contributed by atoms with E-state index in [9.17, 15) is 8.42 Å². The van der Waals surface area contributed by atoms with Crippen LogP contribution in [0.5, 0.6) is 0 Å². The molecule has 1 aromatic heterocycles. The Kier molecular flexibility index (Phi) is 5.06. The predicted molar refractivity (Wildman–Crippen MR) is 95.2 cm³/mol. The molecule has 1 aliphatic carbocycles. The molecule has 0 radical (unpaired) electrons. The molecule has 0 spiro atoms. The summed E-state index contributed by atoms with van der Waals surface area (Å²) < 4.78 is 30.3. The van der Waals surface area contributed by atoms with Crippen LogP contribution < -0.4 is 4.72 Å². The van der Waals surface area contributed by atoms with E-state index in [0.717, 1.165) is 24.8 Å². The first-order valence-electron chi connectivity index (χ1n) is 8.68. The molecule has 0 saturated heterocycles. The third kappa shape index (κ3) is 3.54. The van der Waals surface area contributed by atoms with E-state index in [1.807, 2.05) is 48.9 Å².